The second-order valence-electron chi connectivity index (χ2n) is 4.88. The van der Waals surface area contributed by atoms with Crippen LogP contribution in [0.25, 0.3) is 0 Å². The Balaban J connectivity index is 2.14. The van der Waals surface area contributed by atoms with Crippen LogP contribution in [0, 0.1) is 0 Å². The van der Waals surface area contributed by atoms with Gasteiger partial charge >= 0.3 is 5.97 Å². The van der Waals surface area contributed by atoms with E-state index in [-0.39, 0.29) is 17.8 Å². The molecule has 0 aromatic carbocycles. The number of thiophene rings is 1. The molecule has 0 bridgehead atoms. The van der Waals surface area contributed by atoms with Gasteiger partial charge in [-0.1, -0.05) is 0 Å². The van der Waals surface area contributed by atoms with Gasteiger partial charge in [-0.05, 0) is 31.4 Å². The maximum atomic E-state index is 12.5. The number of methoxy groups -OCH3 is 1. The van der Waals surface area contributed by atoms with Crippen LogP contribution in [0.2, 0.25) is 0 Å². The molecule has 1 N–H and O–H groups in total. The third-order valence-electron chi connectivity index (χ3n) is 3.35. The number of nitrogens with zero attached hydrogens (tertiary/aromatic N) is 1. The summed E-state index contributed by atoms with van der Waals surface area (Å²) in [5.74, 6) is -0.741. The summed E-state index contributed by atoms with van der Waals surface area (Å²) < 4.78 is 4.78. The summed E-state index contributed by atoms with van der Waals surface area (Å²) in [5, 5.41) is 3.27. The van der Waals surface area contributed by atoms with Gasteiger partial charge in [-0.25, -0.2) is 4.79 Å². The number of anilines is 1. The topological polar surface area (TPSA) is 75.7 Å². The summed E-state index contributed by atoms with van der Waals surface area (Å²) in [6.45, 7) is 1.96. The molecule has 7 heteroatoms. The first-order valence-corrected chi connectivity index (χ1v) is 7.61. The number of nitrogens with one attached hydrogen (secondary N) is 1. The SMILES string of the molecule is COC(=O)[C@H]1CCCCN1C(=O)c1ccc(NC(C)=O)s1. The Bertz CT molecular complexity index is 555. The molecule has 1 aliphatic rings. The van der Waals surface area contributed by atoms with Crippen LogP contribution < -0.4 is 5.32 Å². The molecular weight excluding hydrogens is 292 g/mol. The van der Waals surface area contributed by atoms with Crippen molar-refractivity contribution >= 4 is 34.1 Å². The lowest BCUT2D eigenvalue weighted by molar-refractivity contribution is -0.147. The van der Waals surface area contributed by atoms with E-state index in [1.54, 1.807) is 17.0 Å². The smallest absolute Gasteiger partial charge is 0.328 e. The first-order valence-electron chi connectivity index (χ1n) is 6.79. The van der Waals surface area contributed by atoms with Gasteiger partial charge in [0.05, 0.1) is 17.0 Å². The zero-order valence-corrected chi connectivity index (χ0v) is 12.9. The Morgan fingerprint density at radius 2 is 2.10 bits per heavy atom. The summed E-state index contributed by atoms with van der Waals surface area (Å²) in [5.41, 5.74) is 0. The number of hydrogen-bond donors (Lipinski definition) is 1. The number of ether oxygens (including phenoxy) is 1. The van der Waals surface area contributed by atoms with E-state index in [1.165, 1.54) is 25.4 Å². The summed E-state index contributed by atoms with van der Waals surface area (Å²) in [4.78, 5) is 37.4. The summed E-state index contributed by atoms with van der Waals surface area (Å²) in [6.07, 6.45) is 2.41. The largest absolute Gasteiger partial charge is 0.467 e. The average molecular weight is 310 g/mol. The first-order chi connectivity index (χ1) is 10.0. The van der Waals surface area contributed by atoms with Crippen molar-refractivity contribution in [2.45, 2.75) is 32.2 Å². The molecule has 1 fully saturated rings. The maximum Gasteiger partial charge on any atom is 0.328 e. The fraction of sp³-hybridized carbons (Fsp3) is 0.500. The number of carbonyl (C=O) groups excluding carboxylic acids is 3. The second kappa shape index (κ2) is 6.71. The molecule has 0 radical (unpaired) electrons. The monoisotopic (exact) mass is 310 g/mol. The first kappa shape index (κ1) is 15.5. The highest BCUT2D eigenvalue weighted by atomic mass is 32.1. The van der Waals surface area contributed by atoms with Gasteiger partial charge in [0.2, 0.25) is 5.91 Å². The lowest BCUT2D eigenvalue weighted by Gasteiger charge is -2.33. The molecule has 114 valence electrons. The minimum atomic E-state index is -0.512. The van der Waals surface area contributed by atoms with Crippen LogP contribution in [0.15, 0.2) is 12.1 Å². The van der Waals surface area contributed by atoms with Crippen molar-refractivity contribution < 1.29 is 19.1 Å². The Labute approximate surface area is 127 Å². The fourth-order valence-corrected chi connectivity index (χ4v) is 3.30. The van der Waals surface area contributed by atoms with Crippen molar-refractivity contribution in [2.75, 3.05) is 19.0 Å². The van der Waals surface area contributed by atoms with Crippen LogP contribution in [0.5, 0.6) is 0 Å². The predicted molar refractivity (Wildman–Crippen MR) is 79.3 cm³/mol. The minimum absolute atomic E-state index is 0.179. The van der Waals surface area contributed by atoms with Crippen molar-refractivity contribution in [2.24, 2.45) is 0 Å². The van der Waals surface area contributed by atoms with Crippen LogP contribution in [0.3, 0.4) is 0 Å². The highest BCUT2D eigenvalue weighted by Crippen LogP contribution is 2.26. The average Bonchev–Trinajstić information content (AvgIpc) is 2.93. The highest BCUT2D eigenvalue weighted by molar-refractivity contribution is 7.18. The van der Waals surface area contributed by atoms with Gasteiger partial charge in [0, 0.05) is 13.5 Å². The molecule has 0 unspecified atom stereocenters. The summed E-state index contributed by atoms with van der Waals surface area (Å²) >= 11 is 1.21. The second-order valence-corrected chi connectivity index (χ2v) is 5.96. The Kier molecular flexibility index (Phi) is 4.95. The van der Waals surface area contributed by atoms with E-state index in [0.717, 1.165) is 12.8 Å². The van der Waals surface area contributed by atoms with E-state index in [2.05, 4.69) is 5.32 Å². The molecule has 6 nitrogen and oxygen atoms in total. The van der Waals surface area contributed by atoms with E-state index >= 15 is 0 Å². The van der Waals surface area contributed by atoms with Crippen molar-refractivity contribution in [1.82, 2.24) is 4.90 Å². The molecule has 21 heavy (non-hydrogen) atoms. The van der Waals surface area contributed by atoms with E-state index < -0.39 is 6.04 Å². The molecule has 1 aromatic heterocycles. The number of piperidine rings is 1. The third-order valence-corrected chi connectivity index (χ3v) is 4.34. The van der Waals surface area contributed by atoms with E-state index in [1.807, 2.05) is 0 Å². The summed E-state index contributed by atoms with van der Waals surface area (Å²) in [7, 11) is 1.33. The number of carbonyl (C=O) groups is 3. The molecule has 0 aliphatic carbocycles. The zero-order valence-electron chi connectivity index (χ0n) is 12.0. The van der Waals surface area contributed by atoms with Gasteiger partial charge in [-0.3, -0.25) is 9.59 Å². The molecule has 1 aliphatic heterocycles. The zero-order chi connectivity index (χ0) is 15.4. The quantitative estimate of drug-likeness (QED) is 0.865. The lowest BCUT2D eigenvalue weighted by atomic mass is 10.0. The lowest BCUT2D eigenvalue weighted by Crippen LogP contribution is -2.48. The summed E-state index contributed by atoms with van der Waals surface area (Å²) in [6, 6.07) is 2.85. The molecule has 0 spiro atoms. The van der Waals surface area contributed by atoms with Crippen molar-refractivity contribution in [3.8, 4) is 0 Å². The number of esters is 1. The number of likely N-dealkylation sites (tertiary alicyclic amines) is 1. The van der Waals surface area contributed by atoms with Crippen molar-refractivity contribution in [1.29, 1.82) is 0 Å². The van der Waals surface area contributed by atoms with E-state index in [4.69, 9.17) is 4.74 Å². The minimum Gasteiger partial charge on any atom is -0.467 e. The van der Waals surface area contributed by atoms with Gasteiger partial charge in [0.25, 0.3) is 5.91 Å². The van der Waals surface area contributed by atoms with Crippen LogP contribution in [-0.4, -0.2) is 42.4 Å². The molecule has 0 saturated carbocycles. The Morgan fingerprint density at radius 1 is 1.33 bits per heavy atom. The fourth-order valence-electron chi connectivity index (χ4n) is 2.39. The molecule has 2 rings (SSSR count). The molecule has 1 aromatic rings. The van der Waals surface area contributed by atoms with Crippen LogP contribution in [-0.2, 0) is 14.3 Å². The van der Waals surface area contributed by atoms with E-state index in [0.29, 0.717) is 22.8 Å². The van der Waals surface area contributed by atoms with Crippen molar-refractivity contribution in [3.05, 3.63) is 17.0 Å². The molecule has 1 atom stereocenters. The van der Waals surface area contributed by atoms with Crippen LogP contribution in [0.4, 0.5) is 5.00 Å². The maximum absolute atomic E-state index is 12.5. The van der Waals surface area contributed by atoms with Gasteiger partial charge in [0.15, 0.2) is 0 Å². The number of hydrogen-bond acceptors (Lipinski definition) is 5. The van der Waals surface area contributed by atoms with Gasteiger partial charge in [0.1, 0.15) is 6.04 Å². The molecule has 2 heterocycles. The van der Waals surface area contributed by atoms with Gasteiger partial charge in [-0.2, -0.15) is 0 Å². The van der Waals surface area contributed by atoms with Gasteiger partial charge in [-0.15, -0.1) is 11.3 Å². The van der Waals surface area contributed by atoms with Crippen molar-refractivity contribution in [3.63, 3.8) is 0 Å². The van der Waals surface area contributed by atoms with Crippen LogP contribution >= 0.6 is 11.3 Å². The Hall–Kier alpha value is -1.89. The molecular formula is C14H18N2O4S. The highest BCUT2D eigenvalue weighted by Gasteiger charge is 2.33. The number of rotatable bonds is 3. The molecule has 1 saturated heterocycles. The van der Waals surface area contributed by atoms with Crippen LogP contribution in [0.1, 0.15) is 35.9 Å². The standard InChI is InChI=1S/C14H18N2O4S/c1-9(17)15-12-7-6-11(21-12)13(18)16-8-4-3-5-10(16)14(19)20-2/h6-7,10H,3-5,8H2,1-2H3,(H,15,17)/t10-/m1/s1. The molecule has 2 amide bonds. The number of amides is 2. The predicted octanol–water partition coefficient (Wildman–Crippen LogP) is 1.87. The Morgan fingerprint density at radius 3 is 2.76 bits per heavy atom. The normalized spacial score (nSPS) is 18.2. The van der Waals surface area contributed by atoms with E-state index in [9.17, 15) is 14.4 Å². The third kappa shape index (κ3) is 3.60. The van der Waals surface area contributed by atoms with Gasteiger partial charge < -0.3 is 15.0 Å².